The molecule has 0 aromatic carbocycles. The van der Waals surface area contributed by atoms with Gasteiger partial charge in [0.25, 0.3) is 0 Å². The van der Waals surface area contributed by atoms with E-state index in [1.807, 2.05) is 13.0 Å². The fraction of sp³-hybridized carbons (Fsp3) is 0.333. The van der Waals surface area contributed by atoms with Gasteiger partial charge in [-0.1, -0.05) is 12.7 Å². The maximum atomic E-state index is 4.82. The standard InChI is InChI=1S/C6H10O/c1-4-5-7-6(2)3/h4-5H,2H2,1,3H3/b5-4-. The van der Waals surface area contributed by atoms with Gasteiger partial charge in [-0.25, -0.2) is 0 Å². The largest absolute Gasteiger partial charge is 0.471 e. The molecular weight excluding hydrogens is 88.1 g/mol. The van der Waals surface area contributed by atoms with Gasteiger partial charge in [-0.15, -0.1) is 0 Å². The topological polar surface area (TPSA) is 9.23 Å². The van der Waals surface area contributed by atoms with Crippen LogP contribution in [0, 0.1) is 0 Å². The summed E-state index contributed by atoms with van der Waals surface area (Å²) >= 11 is 0. The van der Waals surface area contributed by atoms with Crippen LogP contribution in [0.25, 0.3) is 0 Å². The normalized spacial score (nSPS) is 9.43. The molecular formula is C6H10O. The summed E-state index contributed by atoms with van der Waals surface area (Å²) in [5, 5.41) is 0. The summed E-state index contributed by atoms with van der Waals surface area (Å²) < 4.78 is 4.82. The van der Waals surface area contributed by atoms with E-state index >= 15 is 0 Å². The molecule has 0 aromatic heterocycles. The van der Waals surface area contributed by atoms with Crippen LogP contribution in [0.3, 0.4) is 0 Å². The van der Waals surface area contributed by atoms with E-state index in [2.05, 4.69) is 6.58 Å². The predicted molar refractivity (Wildman–Crippen MR) is 30.7 cm³/mol. The quantitative estimate of drug-likeness (QED) is 0.480. The predicted octanol–water partition coefficient (Wildman–Crippen LogP) is 2.07. The summed E-state index contributed by atoms with van der Waals surface area (Å²) in [6.07, 6.45) is 3.41. The molecule has 0 aliphatic heterocycles. The first-order valence-corrected chi connectivity index (χ1v) is 2.20. The summed E-state index contributed by atoms with van der Waals surface area (Å²) in [6.45, 7) is 7.22. The Morgan fingerprint density at radius 3 is 2.43 bits per heavy atom. The van der Waals surface area contributed by atoms with Gasteiger partial charge < -0.3 is 4.74 Å². The third kappa shape index (κ3) is 5.28. The molecule has 0 unspecified atom stereocenters. The van der Waals surface area contributed by atoms with Crippen LogP contribution in [0.5, 0.6) is 0 Å². The molecule has 0 amide bonds. The molecule has 0 aromatic rings. The molecule has 0 atom stereocenters. The van der Waals surface area contributed by atoms with Crippen molar-refractivity contribution in [3.05, 3.63) is 24.7 Å². The molecule has 0 spiro atoms. The molecule has 7 heavy (non-hydrogen) atoms. The summed E-state index contributed by atoms with van der Waals surface area (Å²) in [5.74, 6) is 0.720. The minimum atomic E-state index is 0.720. The van der Waals surface area contributed by atoms with Crippen LogP contribution >= 0.6 is 0 Å². The first kappa shape index (κ1) is 6.28. The van der Waals surface area contributed by atoms with Crippen molar-refractivity contribution >= 4 is 0 Å². The Hall–Kier alpha value is -0.720. The van der Waals surface area contributed by atoms with Crippen molar-refractivity contribution in [1.29, 1.82) is 0 Å². The maximum absolute atomic E-state index is 4.82. The Kier molecular flexibility index (Phi) is 3.11. The average Bonchev–Trinajstić information content (AvgIpc) is 1.61. The smallest absolute Gasteiger partial charge is 0.0929 e. The molecule has 0 aliphatic carbocycles. The van der Waals surface area contributed by atoms with Crippen LogP contribution in [0.4, 0.5) is 0 Å². The minimum Gasteiger partial charge on any atom is -0.471 e. The summed E-state index contributed by atoms with van der Waals surface area (Å²) in [4.78, 5) is 0. The number of hydrogen-bond donors (Lipinski definition) is 0. The summed E-state index contributed by atoms with van der Waals surface area (Å²) in [7, 11) is 0. The highest BCUT2D eigenvalue weighted by molar-refractivity contribution is 4.79. The lowest BCUT2D eigenvalue weighted by atomic mass is 10.6. The molecule has 0 bridgehead atoms. The van der Waals surface area contributed by atoms with E-state index in [1.54, 1.807) is 13.2 Å². The van der Waals surface area contributed by atoms with Crippen LogP contribution in [0.1, 0.15) is 13.8 Å². The molecule has 0 heterocycles. The van der Waals surface area contributed by atoms with Gasteiger partial charge in [0.1, 0.15) is 0 Å². The van der Waals surface area contributed by atoms with Crippen LogP contribution in [0.15, 0.2) is 24.7 Å². The molecule has 0 fully saturated rings. The molecule has 0 rings (SSSR count). The highest BCUT2D eigenvalue weighted by Gasteiger charge is 1.71. The molecule has 0 aliphatic rings. The monoisotopic (exact) mass is 98.1 g/mol. The van der Waals surface area contributed by atoms with Gasteiger partial charge in [0, 0.05) is 0 Å². The zero-order valence-electron chi connectivity index (χ0n) is 4.77. The first-order valence-electron chi connectivity index (χ1n) is 2.20. The highest BCUT2D eigenvalue weighted by Crippen LogP contribution is 1.88. The van der Waals surface area contributed by atoms with Crippen molar-refractivity contribution in [1.82, 2.24) is 0 Å². The minimum absolute atomic E-state index is 0.720. The molecule has 0 radical (unpaired) electrons. The molecule has 0 saturated heterocycles. The zero-order valence-corrected chi connectivity index (χ0v) is 4.77. The lowest BCUT2D eigenvalue weighted by Gasteiger charge is -1.91. The molecule has 1 heteroatoms. The van der Waals surface area contributed by atoms with Gasteiger partial charge in [-0.2, -0.15) is 0 Å². The number of allylic oxidation sites excluding steroid dienone is 2. The van der Waals surface area contributed by atoms with Gasteiger partial charge in [0.15, 0.2) is 0 Å². The Balaban J connectivity index is 3.14. The number of rotatable bonds is 2. The molecule has 40 valence electrons. The van der Waals surface area contributed by atoms with Crippen molar-refractivity contribution in [3.8, 4) is 0 Å². The van der Waals surface area contributed by atoms with Crippen LogP contribution in [-0.4, -0.2) is 0 Å². The fourth-order valence-corrected chi connectivity index (χ4v) is 0.184. The van der Waals surface area contributed by atoms with E-state index in [9.17, 15) is 0 Å². The van der Waals surface area contributed by atoms with E-state index in [1.165, 1.54) is 0 Å². The van der Waals surface area contributed by atoms with Gasteiger partial charge in [0.05, 0.1) is 12.0 Å². The Labute approximate surface area is 44.3 Å². The van der Waals surface area contributed by atoms with E-state index in [4.69, 9.17) is 4.74 Å². The van der Waals surface area contributed by atoms with Gasteiger partial charge >= 0.3 is 0 Å². The maximum Gasteiger partial charge on any atom is 0.0929 e. The SMILES string of the molecule is C=C(C)O/C=C\C. The second kappa shape index (κ2) is 3.47. The Bertz CT molecular complexity index is 82.2. The fourth-order valence-electron chi connectivity index (χ4n) is 0.184. The third-order valence-electron chi connectivity index (χ3n) is 0.405. The van der Waals surface area contributed by atoms with Crippen LogP contribution in [0.2, 0.25) is 0 Å². The van der Waals surface area contributed by atoms with E-state index < -0.39 is 0 Å². The van der Waals surface area contributed by atoms with Crippen molar-refractivity contribution in [2.24, 2.45) is 0 Å². The average molecular weight is 98.1 g/mol. The molecule has 0 saturated carbocycles. The lowest BCUT2D eigenvalue weighted by molar-refractivity contribution is 0.355. The lowest BCUT2D eigenvalue weighted by Crippen LogP contribution is -1.70. The van der Waals surface area contributed by atoms with Crippen LogP contribution < -0.4 is 0 Å². The second-order valence-electron chi connectivity index (χ2n) is 1.29. The van der Waals surface area contributed by atoms with E-state index in [0.29, 0.717) is 0 Å². The Morgan fingerprint density at radius 1 is 1.71 bits per heavy atom. The van der Waals surface area contributed by atoms with E-state index in [-0.39, 0.29) is 0 Å². The summed E-state index contributed by atoms with van der Waals surface area (Å²) in [6, 6.07) is 0. The number of hydrogen-bond acceptors (Lipinski definition) is 1. The third-order valence-corrected chi connectivity index (χ3v) is 0.405. The summed E-state index contributed by atoms with van der Waals surface area (Å²) in [5.41, 5.74) is 0. The zero-order chi connectivity index (χ0) is 5.70. The molecule has 1 nitrogen and oxygen atoms in total. The second-order valence-corrected chi connectivity index (χ2v) is 1.29. The van der Waals surface area contributed by atoms with Crippen molar-refractivity contribution < 1.29 is 4.74 Å². The van der Waals surface area contributed by atoms with Crippen molar-refractivity contribution in [2.75, 3.05) is 0 Å². The Morgan fingerprint density at radius 2 is 2.29 bits per heavy atom. The highest BCUT2D eigenvalue weighted by atomic mass is 16.5. The van der Waals surface area contributed by atoms with Gasteiger partial charge in [-0.05, 0) is 13.8 Å². The van der Waals surface area contributed by atoms with Gasteiger partial charge in [-0.3, -0.25) is 0 Å². The van der Waals surface area contributed by atoms with Crippen LogP contribution in [-0.2, 0) is 4.74 Å². The first-order chi connectivity index (χ1) is 3.27. The van der Waals surface area contributed by atoms with Crippen molar-refractivity contribution in [2.45, 2.75) is 13.8 Å². The van der Waals surface area contributed by atoms with E-state index in [0.717, 1.165) is 5.76 Å². The van der Waals surface area contributed by atoms with Gasteiger partial charge in [0.2, 0.25) is 0 Å². The molecule has 0 N–H and O–H groups in total. The van der Waals surface area contributed by atoms with Crippen molar-refractivity contribution in [3.63, 3.8) is 0 Å². The number of ether oxygens (including phenoxy) is 1.